The second-order valence-corrected chi connectivity index (χ2v) is 5.38. The van der Waals surface area contributed by atoms with Gasteiger partial charge in [0, 0.05) is 21.9 Å². The first-order valence-electron chi connectivity index (χ1n) is 5.62. The first kappa shape index (κ1) is 12.6. The standard InChI is InChI=1S/C13H15ClN2S/c1-9(6-7-15)13-16-12(8-17-13)10-2-4-11(14)5-3-10/h2-5,8-9H,6-7,15H2,1H3. The summed E-state index contributed by atoms with van der Waals surface area (Å²) < 4.78 is 0. The largest absolute Gasteiger partial charge is 0.330 e. The van der Waals surface area contributed by atoms with Gasteiger partial charge in [0.2, 0.25) is 0 Å². The van der Waals surface area contributed by atoms with E-state index in [4.69, 9.17) is 17.3 Å². The van der Waals surface area contributed by atoms with E-state index in [2.05, 4.69) is 17.3 Å². The van der Waals surface area contributed by atoms with E-state index in [0.717, 1.165) is 27.7 Å². The zero-order valence-corrected chi connectivity index (χ0v) is 11.3. The Kier molecular flexibility index (Phi) is 4.15. The van der Waals surface area contributed by atoms with Crippen LogP contribution in [0.5, 0.6) is 0 Å². The maximum Gasteiger partial charge on any atom is 0.0961 e. The van der Waals surface area contributed by atoms with Crippen molar-refractivity contribution in [2.75, 3.05) is 6.54 Å². The normalized spacial score (nSPS) is 12.6. The summed E-state index contributed by atoms with van der Waals surface area (Å²) in [6.45, 7) is 2.87. The lowest BCUT2D eigenvalue weighted by Gasteiger charge is -2.04. The van der Waals surface area contributed by atoms with Gasteiger partial charge in [-0.3, -0.25) is 0 Å². The molecule has 2 N–H and O–H groups in total. The number of nitrogens with zero attached hydrogens (tertiary/aromatic N) is 1. The Morgan fingerprint density at radius 3 is 2.71 bits per heavy atom. The van der Waals surface area contributed by atoms with Gasteiger partial charge in [-0.2, -0.15) is 0 Å². The fourth-order valence-corrected chi connectivity index (χ4v) is 2.69. The molecule has 90 valence electrons. The van der Waals surface area contributed by atoms with Crippen LogP contribution in [-0.2, 0) is 0 Å². The molecule has 1 unspecified atom stereocenters. The lowest BCUT2D eigenvalue weighted by Crippen LogP contribution is -2.04. The Hall–Kier alpha value is -0.900. The predicted octanol–water partition coefficient (Wildman–Crippen LogP) is 3.92. The molecule has 0 aliphatic rings. The highest BCUT2D eigenvalue weighted by molar-refractivity contribution is 7.10. The first-order chi connectivity index (χ1) is 8.20. The molecule has 0 radical (unpaired) electrons. The molecule has 2 rings (SSSR count). The van der Waals surface area contributed by atoms with Gasteiger partial charge in [-0.15, -0.1) is 11.3 Å². The monoisotopic (exact) mass is 266 g/mol. The third kappa shape index (κ3) is 3.06. The van der Waals surface area contributed by atoms with Crippen LogP contribution in [0.3, 0.4) is 0 Å². The molecule has 0 spiro atoms. The SMILES string of the molecule is CC(CCN)c1nc(-c2ccc(Cl)cc2)cs1. The smallest absolute Gasteiger partial charge is 0.0961 e. The van der Waals surface area contributed by atoms with Crippen LogP contribution in [0.2, 0.25) is 5.02 Å². The molecule has 0 bridgehead atoms. The fourth-order valence-electron chi connectivity index (χ4n) is 1.64. The van der Waals surface area contributed by atoms with Crippen molar-refractivity contribution in [2.24, 2.45) is 5.73 Å². The van der Waals surface area contributed by atoms with Gasteiger partial charge in [0.05, 0.1) is 10.7 Å². The van der Waals surface area contributed by atoms with Crippen LogP contribution in [-0.4, -0.2) is 11.5 Å². The number of rotatable bonds is 4. The summed E-state index contributed by atoms with van der Waals surface area (Å²) >= 11 is 7.56. The lowest BCUT2D eigenvalue weighted by atomic mass is 10.1. The molecule has 17 heavy (non-hydrogen) atoms. The molecule has 0 amide bonds. The minimum atomic E-state index is 0.436. The molecule has 1 aromatic carbocycles. The second kappa shape index (κ2) is 5.63. The van der Waals surface area contributed by atoms with E-state index in [0.29, 0.717) is 12.5 Å². The van der Waals surface area contributed by atoms with E-state index in [1.807, 2.05) is 24.3 Å². The Morgan fingerprint density at radius 2 is 2.06 bits per heavy atom. The number of nitrogens with two attached hydrogens (primary N) is 1. The summed E-state index contributed by atoms with van der Waals surface area (Å²) in [5.41, 5.74) is 7.69. The maximum atomic E-state index is 5.86. The number of benzene rings is 1. The molecule has 0 saturated carbocycles. The third-order valence-electron chi connectivity index (χ3n) is 2.68. The van der Waals surface area contributed by atoms with Gasteiger partial charge in [0.15, 0.2) is 0 Å². The average molecular weight is 267 g/mol. The van der Waals surface area contributed by atoms with Gasteiger partial charge in [0.25, 0.3) is 0 Å². The van der Waals surface area contributed by atoms with Gasteiger partial charge in [-0.05, 0) is 25.1 Å². The second-order valence-electron chi connectivity index (χ2n) is 4.06. The fraction of sp³-hybridized carbons (Fsp3) is 0.308. The molecular weight excluding hydrogens is 252 g/mol. The van der Waals surface area contributed by atoms with Crippen molar-refractivity contribution in [2.45, 2.75) is 19.3 Å². The quantitative estimate of drug-likeness (QED) is 0.911. The summed E-state index contributed by atoms with van der Waals surface area (Å²) in [5.74, 6) is 0.436. The number of thiazole rings is 1. The topological polar surface area (TPSA) is 38.9 Å². The molecule has 1 atom stereocenters. The highest BCUT2D eigenvalue weighted by atomic mass is 35.5. The van der Waals surface area contributed by atoms with Gasteiger partial charge in [-0.1, -0.05) is 30.7 Å². The summed E-state index contributed by atoms with van der Waals surface area (Å²) in [6.07, 6.45) is 0.980. The zero-order valence-electron chi connectivity index (χ0n) is 9.69. The minimum Gasteiger partial charge on any atom is -0.330 e. The lowest BCUT2D eigenvalue weighted by molar-refractivity contribution is 0.685. The van der Waals surface area contributed by atoms with E-state index in [-0.39, 0.29) is 0 Å². The van der Waals surface area contributed by atoms with E-state index in [9.17, 15) is 0 Å². The van der Waals surface area contributed by atoms with Crippen molar-refractivity contribution in [1.82, 2.24) is 4.98 Å². The van der Waals surface area contributed by atoms with Crippen LogP contribution in [0.15, 0.2) is 29.6 Å². The summed E-state index contributed by atoms with van der Waals surface area (Å²) in [5, 5.41) is 3.99. The highest BCUT2D eigenvalue weighted by Crippen LogP contribution is 2.28. The zero-order chi connectivity index (χ0) is 12.3. The Balaban J connectivity index is 2.20. The first-order valence-corrected chi connectivity index (χ1v) is 6.88. The maximum absolute atomic E-state index is 5.86. The molecule has 0 fully saturated rings. The van der Waals surface area contributed by atoms with Crippen molar-refractivity contribution < 1.29 is 0 Å². The number of aromatic nitrogens is 1. The Bertz CT molecular complexity index is 478. The van der Waals surface area contributed by atoms with Crippen LogP contribution < -0.4 is 5.73 Å². The highest BCUT2D eigenvalue weighted by Gasteiger charge is 2.10. The average Bonchev–Trinajstić information content (AvgIpc) is 2.80. The molecule has 0 aliphatic carbocycles. The van der Waals surface area contributed by atoms with E-state index in [1.165, 1.54) is 0 Å². The molecule has 1 heterocycles. The van der Waals surface area contributed by atoms with Gasteiger partial charge >= 0.3 is 0 Å². The van der Waals surface area contributed by atoms with Crippen LogP contribution in [0, 0.1) is 0 Å². The molecule has 1 aromatic heterocycles. The molecular formula is C13H15ClN2S. The van der Waals surface area contributed by atoms with Crippen LogP contribution in [0.25, 0.3) is 11.3 Å². The van der Waals surface area contributed by atoms with E-state index in [1.54, 1.807) is 11.3 Å². The number of halogens is 1. The van der Waals surface area contributed by atoms with Crippen molar-refractivity contribution >= 4 is 22.9 Å². The number of hydrogen-bond acceptors (Lipinski definition) is 3. The van der Waals surface area contributed by atoms with E-state index >= 15 is 0 Å². The third-order valence-corrected chi connectivity index (χ3v) is 4.01. The number of hydrogen-bond donors (Lipinski definition) is 1. The summed E-state index contributed by atoms with van der Waals surface area (Å²) in [4.78, 5) is 4.65. The van der Waals surface area contributed by atoms with Crippen molar-refractivity contribution in [1.29, 1.82) is 0 Å². The summed E-state index contributed by atoms with van der Waals surface area (Å²) in [6, 6.07) is 7.77. The molecule has 0 aliphatic heterocycles. The molecule has 2 aromatic rings. The predicted molar refractivity (Wildman–Crippen MR) is 74.6 cm³/mol. The van der Waals surface area contributed by atoms with E-state index < -0.39 is 0 Å². The van der Waals surface area contributed by atoms with Crippen LogP contribution in [0.1, 0.15) is 24.3 Å². The van der Waals surface area contributed by atoms with Crippen LogP contribution >= 0.6 is 22.9 Å². The van der Waals surface area contributed by atoms with Gasteiger partial charge in [-0.25, -0.2) is 4.98 Å². The molecule has 4 heteroatoms. The van der Waals surface area contributed by atoms with Gasteiger partial charge in [0.1, 0.15) is 0 Å². The molecule has 2 nitrogen and oxygen atoms in total. The molecule has 0 saturated heterocycles. The Morgan fingerprint density at radius 1 is 1.35 bits per heavy atom. The van der Waals surface area contributed by atoms with Crippen molar-refractivity contribution in [3.63, 3.8) is 0 Å². The van der Waals surface area contributed by atoms with Gasteiger partial charge < -0.3 is 5.73 Å². The summed E-state index contributed by atoms with van der Waals surface area (Å²) in [7, 11) is 0. The minimum absolute atomic E-state index is 0.436. The van der Waals surface area contributed by atoms with Crippen molar-refractivity contribution in [3.8, 4) is 11.3 Å². The van der Waals surface area contributed by atoms with Crippen LogP contribution in [0.4, 0.5) is 0 Å². The van der Waals surface area contributed by atoms with Crippen molar-refractivity contribution in [3.05, 3.63) is 39.7 Å². The Labute approximate surface area is 110 Å².